The van der Waals surface area contributed by atoms with Crippen LogP contribution in [0.5, 0.6) is 0 Å². The van der Waals surface area contributed by atoms with E-state index >= 15 is 0 Å². The molecule has 28 heavy (non-hydrogen) atoms. The summed E-state index contributed by atoms with van der Waals surface area (Å²) in [6.45, 7) is 0.542. The lowest BCUT2D eigenvalue weighted by atomic mass is 9.84. The SMILES string of the molecule is O=CN(CC[C@H]1CC[C@@H](NC(O)c2cnccn2)CC1)c1ccc(F)cc1Cl. The van der Waals surface area contributed by atoms with Gasteiger partial charge in [0.15, 0.2) is 0 Å². The molecule has 0 aliphatic heterocycles. The molecule has 150 valence electrons. The Morgan fingerprint density at radius 1 is 1.32 bits per heavy atom. The molecule has 2 aromatic rings. The van der Waals surface area contributed by atoms with E-state index in [4.69, 9.17) is 11.6 Å². The fourth-order valence-corrected chi connectivity index (χ4v) is 3.92. The smallest absolute Gasteiger partial charge is 0.214 e. The molecule has 8 heteroatoms. The maximum atomic E-state index is 13.2. The van der Waals surface area contributed by atoms with Gasteiger partial charge in [-0.05, 0) is 56.2 Å². The number of rotatable bonds is 8. The number of aromatic nitrogens is 2. The third-order valence-corrected chi connectivity index (χ3v) is 5.53. The fraction of sp³-hybridized carbons (Fsp3) is 0.450. The van der Waals surface area contributed by atoms with E-state index in [-0.39, 0.29) is 11.1 Å². The molecule has 1 aliphatic rings. The Balaban J connectivity index is 1.45. The number of hydrogen-bond donors (Lipinski definition) is 2. The highest BCUT2D eigenvalue weighted by atomic mass is 35.5. The Kier molecular flexibility index (Phi) is 7.30. The first-order valence-electron chi connectivity index (χ1n) is 9.44. The molecular formula is C20H24ClFN4O2. The van der Waals surface area contributed by atoms with E-state index in [1.54, 1.807) is 18.6 Å². The molecule has 1 unspecified atom stereocenters. The zero-order valence-corrected chi connectivity index (χ0v) is 16.2. The molecule has 1 aromatic carbocycles. The predicted molar refractivity (Wildman–Crippen MR) is 105 cm³/mol. The largest absolute Gasteiger partial charge is 0.373 e. The summed E-state index contributed by atoms with van der Waals surface area (Å²) in [7, 11) is 0. The molecule has 0 bridgehead atoms. The summed E-state index contributed by atoms with van der Waals surface area (Å²) in [6.07, 6.45) is 9.37. The van der Waals surface area contributed by atoms with Gasteiger partial charge in [-0.2, -0.15) is 0 Å². The normalized spacial score (nSPS) is 20.5. The standard InChI is InChI=1S/C20H24ClFN4O2/c21-17-11-15(22)3-6-19(17)26(13-27)10-7-14-1-4-16(5-2-14)25-20(28)18-12-23-8-9-24-18/h3,6,8-9,11-14,16,20,25,28H,1-2,4-5,7,10H2/t14-,16+,20?. The maximum absolute atomic E-state index is 13.2. The van der Waals surface area contributed by atoms with Crippen molar-refractivity contribution in [2.24, 2.45) is 5.92 Å². The van der Waals surface area contributed by atoms with Crippen LogP contribution < -0.4 is 10.2 Å². The van der Waals surface area contributed by atoms with Gasteiger partial charge in [-0.15, -0.1) is 0 Å². The van der Waals surface area contributed by atoms with E-state index in [2.05, 4.69) is 15.3 Å². The first-order valence-corrected chi connectivity index (χ1v) is 9.81. The summed E-state index contributed by atoms with van der Waals surface area (Å²) in [4.78, 5) is 21.1. The van der Waals surface area contributed by atoms with E-state index in [1.165, 1.54) is 23.1 Å². The molecule has 1 aliphatic carbocycles. The lowest BCUT2D eigenvalue weighted by Crippen LogP contribution is -2.37. The Bertz CT molecular complexity index is 772. The van der Waals surface area contributed by atoms with Crippen molar-refractivity contribution in [3.63, 3.8) is 0 Å². The molecule has 6 nitrogen and oxygen atoms in total. The van der Waals surface area contributed by atoms with Crippen LogP contribution in [-0.4, -0.2) is 34.1 Å². The summed E-state index contributed by atoms with van der Waals surface area (Å²) in [6, 6.07) is 4.27. The zero-order valence-electron chi connectivity index (χ0n) is 15.5. The van der Waals surface area contributed by atoms with E-state index in [0.29, 0.717) is 23.8 Å². The van der Waals surface area contributed by atoms with Crippen molar-refractivity contribution in [2.75, 3.05) is 11.4 Å². The number of carbonyl (C=O) groups excluding carboxylic acids is 1. The lowest BCUT2D eigenvalue weighted by molar-refractivity contribution is -0.107. The van der Waals surface area contributed by atoms with Crippen molar-refractivity contribution in [3.8, 4) is 0 Å². The minimum absolute atomic E-state index is 0.224. The van der Waals surface area contributed by atoms with Crippen LogP contribution in [0.2, 0.25) is 5.02 Å². The number of nitrogens with one attached hydrogen (secondary N) is 1. The number of benzene rings is 1. The molecule has 3 rings (SSSR count). The van der Waals surface area contributed by atoms with Crippen LogP contribution in [0.1, 0.15) is 44.0 Å². The van der Waals surface area contributed by atoms with Gasteiger partial charge in [0.1, 0.15) is 17.7 Å². The summed E-state index contributed by atoms with van der Waals surface area (Å²) >= 11 is 6.06. The average Bonchev–Trinajstić information content (AvgIpc) is 2.71. The molecule has 1 atom stereocenters. The highest BCUT2D eigenvalue weighted by molar-refractivity contribution is 6.33. The number of nitrogens with zero attached hydrogens (tertiary/aromatic N) is 3. The zero-order chi connectivity index (χ0) is 19.9. The van der Waals surface area contributed by atoms with Gasteiger partial charge in [0.05, 0.1) is 16.9 Å². The van der Waals surface area contributed by atoms with E-state index < -0.39 is 12.0 Å². The summed E-state index contributed by atoms with van der Waals surface area (Å²) in [5, 5.41) is 13.7. The van der Waals surface area contributed by atoms with E-state index in [0.717, 1.165) is 38.5 Å². The minimum atomic E-state index is -0.818. The molecule has 1 aromatic heterocycles. The number of amides is 1. The quantitative estimate of drug-likeness (QED) is 0.518. The molecule has 0 radical (unpaired) electrons. The number of aliphatic hydroxyl groups is 1. The third-order valence-electron chi connectivity index (χ3n) is 5.23. The van der Waals surface area contributed by atoms with Gasteiger partial charge in [0, 0.05) is 25.0 Å². The van der Waals surface area contributed by atoms with Gasteiger partial charge in [0.25, 0.3) is 0 Å². The Morgan fingerprint density at radius 3 is 2.75 bits per heavy atom. The average molecular weight is 407 g/mol. The monoisotopic (exact) mass is 406 g/mol. The number of hydrogen-bond acceptors (Lipinski definition) is 5. The third kappa shape index (κ3) is 5.47. The molecule has 1 amide bonds. The van der Waals surface area contributed by atoms with E-state index in [9.17, 15) is 14.3 Å². The minimum Gasteiger partial charge on any atom is -0.373 e. The second kappa shape index (κ2) is 9.91. The van der Waals surface area contributed by atoms with Gasteiger partial charge in [-0.25, -0.2) is 4.39 Å². The second-order valence-corrected chi connectivity index (χ2v) is 7.51. The Labute approximate surface area is 168 Å². The molecule has 0 saturated heterocycles. The van der Waals surface area contributed by atoms with Crippen molar-refractivity contribution in [3.05, 3.63) is 53.3 Å². The first kappa shape index (κ1) is 20.6. The van der Waals surface area contributed by atoms with Gasteiger partial charge < -0.3 is 10.0 Å². The summed E-state index contributed by atoms with van der Waals surface area (Å²) in [5.74, 6) is 0.0717. The maximum Gasteiger partial charge on any atom is 0.214 e. The van der Waals surface area contributed by atoms with Crippen LogP contribution in [0.15, 0.2) is 36.8 Å². The van der Waals surface area contributed by atoms with Crippen molar-refractivity contribution < 1.29 is 14.3 Å². The van der Waals surface area contributed by atoms with Gasteiger partial charge in [-0.1, -0.05) is 11.6 Å². The van der Waals surface area contributed by atoms with Crippen LogP contribution in [0, 0.1) is 11.7 Å². The first-order chi connectivity index (χ1) is 13.6. The lowest BCUT2D eigenvalue weighted by Gasteiger charge is -2.31. The Morgan fingerprint density at radius 2 is 2.11 bits per heavy atom. The topological polar surface area (TPSA) is 78.4 Å². The number of aliphatic hydroxyl groups excluding tert-OH is 1. The van der Waals surface area contributed by atoms with Gasteiger partial charge >= 0.3 is 0 Å². The Hall–Kier alpha value is -2.09. The summed E-state index contributed by atoms with van der Waals surface area (Å²) in [5.41, 5.74) is 1.04. The van der Waals surface area contributed by atoms with Crippen molar-refractivity contribution >= 4 is 23.7 Å². The molecule has 2 N–H and O–H groups in total. The fourth-order valence-electron chi connectivity index (χ4n) is 3.64. The highest BCUT2D eigenvalue weighted by Crippen LogP contribution is 2.30. The van der Waals surface area contributed by atoms with Gasteiger partial charge in [0.2, 0.25) is 6.41 Å². The van der Waals surface area contributed by atoms with Crippen LogP contribution in [0.25, 0.3) is 0 Å². The van der Waals surface area contributed by atoms with Crippen molar-refractivity contribution in [2.45, 2.75) is 44.4 Å². The van der Waals surface area contributed by atoms with E-state index in [1.807, 2.05) is 0 Å². The highest BCUT2D eigenvalue weighted by Gasteiger charge is 2.24. The second-order valence-electron chi connectivity index (χ2n) is 7.10. The molecule has 1 fully saturated rings. The molecule has 1 saturated carbocycles. The molecule has 0 spiro atoms. The summed E-state index contributed by atoms with van der Waals surface area (Å²) < 4.78 is 13.2. The predicted octanol–water partition coefficient (Wildman–Crippen LogP) is 3.46. The van der Waals surface area contributed by atoms with Crippen LogP contribution >= 0.6 is 11.6 Å². The molecule has 1 heterocycles. The molecular weight excluding hydrogens is 383 g/mol. The number of carbonyl (C=O) groups is 1. The number of anilines is 1. The van der Waals surface area contributed by atoms with Crippen molar-refractivity contribution in [1.82, 2.24) is 15.3 Å². The van der Waals surface area contributed by atoms with Gasteiger partial charge in [-0.3, -0.25) is 20.1 Å². The van der Waals surface area contributed by atoms with Crippen LogP contribution in [0.4, 0.5) is 10.1 Å². The van der Waals surface area contributed by atoms with Crippen LogP contribution in [-0.2, 0) is 4.79 Å². The van der Waals surface area contributed by atoms with Crippen molar-refractivity contribution in [1.29, 1.82) is 0 Å². The number of halogens is 2. The van der Waals surface area contributed by atoms with Crippen LogP contribution in [0.3, 0.4) is 0 Å².